The summed E-state index contributed by atoms with van der Waals surface area (Å²) in [6.07, 6.45) is 0. The van der Waals surface area contributed by atoms with Gasteiger partial charge in [-0.2, -0.15) is 0 Å². The fourth-order valence-corrected chi connectivity index (χ4v) is 3.26. The molecule has 2 fully saturated rings. The second kappa shape index (κ2) is 4.10. The molecule has 4 rings (SSSR count). The summed E-state index contributed by atoms with van der Waals surface area (Å²) in [5, 5.41) is 4.38. The Morgan fingerprint density at radius 1 is 1.21 bits per heavy atom. The van der Waals surface area contributed by atoms with Crippen molar-refractivity contribution in [3.63, 3.8) is 0 Å². The van der Waals surface area contributed by atoms with E-state index in [2.05, 4.69) is 5.32 Å². The van der Waals surface area contributed by atoms with Gasteiger partial charge in [0.25, 0.3) is 5.91 Å². The van der Waals surface area contributed by atoms with Gasteiger partial charge in [-0.05, 0) is 24.0 Å². The molecule has 4 nitrogen and oxygen atoms in total. The molecule has 0 unspecified atom stereocenters. The van der Waals surface area contributed by atoms with Gasteiger partial charge in [-0.1, -0.05) is 18.2 Å². The number of amides is 1. The van der Waals surface area contributed by atoms with Crippen molar-refractivity contribution < 1.29 is 9.21 Å². The molecule has 1 aromatic heterocycles. The molecule has 1 N–H and O–H groups in total. The Labute approximate surface area is 111 Å². The summed E-state index contributed by atoms with van der Waals surface area (Å²) < 4.78 is 5.66. The lowest BCUT2D eigenvalue weighted by molar-refractivity contribution is 0.0752. The van der Waals surface area contributed by atoms with Crippen LogP contribution in [-0.2, 0) is 0 Å². The van der Waals surface area contributed by atoms with Gasteiger partial charge in [-0.3, -0.25) is 4.79 Å². The fourth-order valence-electron chi connectivity index (χ4n) is 3.26. The van der Waals surface area contributed by atoms with E-state index in [4.69, 9.17) is 4.42 Å². The van der Waals surface area contributed by atoms with Crippen LogP contribution in [0.1, 0.15) is 10.6 Å². The van der Waals surface area contributed by atoms with Gasteiger partial charge in [-0.25, -0.2) is 0 Å². The molecule has 2 aromatic rings. The Balaban J connectivity index is 1.60. The van der Waals surface area contributed by atoms with Gasteiger partial charge in [0.15, 0.2) is 5.76 Å². The highest BCUT2D eigenvalue weighted by molar-refractivity contribution is 5.96. The van der Waals surface area contributed by atoms with Crippen molar-refractivity contribution >= 4 is 16.9 Å². The Bertz CT molecular complexity index is 589. The van der Waals surface area contributed by atoms with Gasteiger partial charge in [-0.15, -0.1) is 0 Å². The molecular formula is C15H16N2O2. The minimum atomic E-state index is 0.0330. The normalized spacial score (nSPS) is 26.0. The van der Waals surface area contributed by atoms with Gasteiger partial charge in [0, 0.05) is 31.6 Å². The molecule has 4 heteroatoms. The third-order valence-corrected chi connectivity index (χ3v) is 4.31. The minimum Gasteiger partial charge on any atom is -0.451 e. The molecule has 1 aromatic carbocycles. The van der Waals surface area contributed by atoms with Crippen LogP contribution in [0.2, 0.25) is 0 Å². The molecule has 19 heavy (non-hydrogen) atoms. The number of nitrogens with one attached hydrogen (secondary N) is 1. The van der Waals surface area contributed by atoms with Crippen LogP contribution in [0, 0.1) is 11.8 Å². The number of hydrogen-bond acceptors (Lipinski definition) is 3. The van der Waals surface area contributed by atoms with E-state index in [0.29, 0.717) is 17.6 Å². The highest BCUT2D eigenvalue weighted by Crippen LogP contribution is 2.28. The zero-order valence-electron chi connectivity index (χ0n) is 10.6. The summed E-state index contributed by atoms with van der Waals surface area (Å²) in [7, 11) is 0. The SMILES string of the molecule is O=C(c1cc2ccccc2o1)N1C[C@H]2CNC[C@H]2C1. The van der Waals surface area contributed by atoms with E-state index in [9.17, 15) is 4.79 Å². The van der Waals surface area contributed by atoms with E-state index >= 15 is 0 Å². The molecule has 1 amide bonds. The molecule has 2 aliphatic heterocycles. The van der Waals surface area contributed by atoms with Crippen LogP contribution in [0.3, 0.4) is 0 Å². The molecule has 0 spiro atoms. The maximum absolute atomic E-state index is 12.5. The average Bonchev–Trinajstić information content (AvgIpc) is 3.10. The molecule has 3 heterocycles. The van der Waals surface area contributed by atoms with Crippen molar-refractivity contribution in [3.05, 3.63) is 36.1 Å². The predicted molar refractivity (Wildman–Crippen MR) is 72.0 cm³/mol. The largest absolute Gasteiger partial charge is 0.451 e. The van der Waals surface area contributed by atoms with Gasteiger partial charge >= 0.3 is 0 Å². The van der Waals surface area contributed by atoms with Gasteiger partial charge < -0.3 is 14.6 Å². The second-order valence-electron chi connectivity index (χ2n) is 5.54. The van der Waals surface area contributed by atoms with Gasteiger partial charge in [0.2, 0.25) is 0 Å². The monoisotopic (exact) mass is 256 g/mol. The van der Waals surface area contributed by atoms with Crippen LogP contribution in [-0.4, -0.2) is 37.0 Å². The lowest BCUT2D eigenvalue weighted by atomic mass is 10.0. The first kappa shape index (κ1) is 11.1. The van der Waals surface area contributed by atoms with E-state index in [1.807, 2.05) is 35.2 Å². The molecular weight excluding hydrogens is 240 g/mol. The Hall–Kier alpha value is -1.81. The van der Waals surface area contributed by atoms with Crippen molar-refractivity contribution in [3.8, 4) is 0 Å². The minimum absolute atomic E-state index is 0.0330. The molecule has 2 saturated heterocycles. The second-order valence-corrected chi connectivity index (χ2v) is 5.54. The molecule has 0 aliphatic carbocycles. The third-order valence-electron chi connectivity index (χ3n) is 4.31. The van der Waals surface area contributed by atoms with E-state index in [-0.39, 0.29) is 5.91 Å². The summed E-state index contributed by atoms with van der Waals surface area (Å²) in [6.45, 7) is 3.78. The smallest absolute Gasteiger partial charge is 0.289 e. The standard InChI is InChI=1S/C15H16N2O2/c18-15(17-8-11-6-16-7-12(11)9-17)14-5-10-3-1-2-4-13(10)19-14/h1-5,11-12,16H,6-9H2/t11-,12+. The number of carbonyl (C=O) groups excluding carboxylic acids is 1. The molecule has 0 bridgehead atoms. The van der Waals surface area contributed by atoms with Crippen LogP contribution < -0.4 is 5.32 Å². The first-order chi connectivity index (χ1) is 9.31. The Morgan fingerprint density at radius 2 is 1.95 bits per heavy atom. The van der Waals surface area contributed by atoms with E-state index in [1.54, 1.807) is 0 Å². The van der Waals surface area contributed by atoms with Crippen molar-refractivity contribution in [1.82, 2.24) is 10.2 Å². The number of nitrogens with zero attached hydrogens (tertiary/aromatic N) is 1. The Morgan fingerprint density at radius 3 is 2.68 bits per heavy atom. The zero-order chi connectivity index (χ0) is 12.8. The highest BCUT2D eigenvalue weighted by atomic mass is 16.3. The summed E-state index contributed by atoms with van der Waals surface area (Å²) in [5.41, 5.74) is 0.784. The predicted octanol–water partition coefficient (Wildman–Crippen LogP) is 1.72. The number of benzene rings is 1. The van der Waals surface area contributed by atoms with Crippen molar-refractivity contribution in [1.29, 1.82) is 0 Å². The van der Waals surface area contributed by atoms with E-state index in [1.165, 1.54) is 0 Å². The summed E-state index contributed by atoms with van der Waals surface area (Å²) in [6, 6.07) is 9.60. The number of furan rings is 1. The summed E-state index contributed by atoms with van der Waals surface area (Å²) in [5.74, 6) is 1.74. The number of fused-ring (bicyclic) bond motifs is 2. The fraction of sp³-hybridized carbons (Fsp3) is 0.400. The first-order valence-corrected chi connectivity index (χ1v) is 6.80. The van der Waals surface area contributed by atoms with Crippen LogP contribution in [0.5, 0.6) is 0 Å². The lowest BCUT2D eigenvalue weighted by Crippen LogP contribution is -2.31. The number of carbonyl (C=O) groups is 1. The molecule has 2 aliphatic rings. The summed E-state index contributed by atoms with van der Waals surface area (Å²) in [4.78, 5) is 14.4. The molecule has 98 valence electrons. The number of hydrogen-bond donors (Lipinski definition) is 1. The van der Waals surface area contributed by atoms with E-state index < -0.39 is 0 Å². The number of rotatable bonds is 1. The van der Waals surface area contributed by atoms with Crippen molar-refractivity contribution in [2.75, 3.05) is 26.2 Å². The highest BCUT2D eigenvalue weighted by Gasteiger charge is 2.38. The molecule has 2 atom stereocenters. The Kier molecular flexibility index (Phi) is 2.38. The lowest BCUT2D eigenvalue weighted by Gasteiger charge is -2.15. The zero-order valence-corrected chi connectivity index (χ0v) is 10.6. The van der Waals surface area contributed by atoms with Gasteiger partial charge in [0.1, 0.15) is 5.58 Å². The van der Waals surface area contributed by atoms with Crippen molar-refractivity contribution in [2.24, 2.45) is 11.8 Å². The van der Waals surface area contributed by atoms with Crippen molar-refractivity contribution in [2.45, 2.75) is 0 Å². The maximum atomic E-state index is 12.5. The number of likely N-dealkylation sites (tertiary alicyclic amines) is 1. The summed E-state index contributed by atoms with van der Waals surface area (Å²) >= 11 is 0. The van der Waals surface area contributed by atoms with Crippen LogP contribution in [0.25, 0.3) is 11.0 Å². The molecule has 0 radical (unpaired) electrons. The van der Waals surface area contributed by atoms with Gasteiger partial charge in [0.05, 0.1) is 0 Å². The van der Waals surface area contributed by atoms with Crippen LogP contribution >= 0.6 is 0 Å². The van der Waals surface area contributed by atoms with Crippen LogP contribution in [0.4, 0.5) is 0 Å². The average molecular weight is 256 g/mol. The quantitative estimate of drug-likeness (QED) is 0.845. The molecule has 0 saturated carbocycles. The number of para-hydroxylation sites is 1. The van der Waals surface area contributed by atoms with Crippen LogP contribution in [0.15, 0.2) is 34.7 Å². The topological polar surface area (TPSA) is 45.5 Å². The first-order valence-electron chi connectivity index (χ1n) is 6.80. The maximum Gasteiger partial charge on any atom is 0.289 e. The third kappa shape index (κ3) is 1.75. The van der Waals surface area contributed by atoms with E-state index in [0.717, 1.165) is 37.1 Å².